The molecule has 0 aliphatic carbocycles. The number of halogens is 1. The molecule has 5 nitrogen and oxygen atoms in total. The first-order valence-electron chi connectivity index (χ1n) is 11.5. The van der Waals surface area contributed by atoms with Crippen molar-refractivity contribution in [3.8, 4) is 11.1 Å². The van der Waals surface area contributed by atoms with E-state index in [9.17, 15) is 9.90 Å². The number of nitrogens with one attached hydrogen (secondary N) is 1. The largest absolute Gasteiger partial charge is 0.478 e. The van der Waals surface area contributed by atoms with Crippen molar-refractivity contribution in [2.24, 2.45) is 0 Å². The van der Waals surface area contributed by atoms with Gasteiger partial charge < -0.3 is 14.9 Å². The smallest absolute Gasteiger partial charge is 0.337 e. The molecule has 0 bridgehead atoms. The number of aromatic carboxylic acids is 1. The highest BCUT2D eigenvalue weighted by molar-refractivity contribution is 7.97. The van der Waals surface area contributed by atoms with Crippen LogP contribution in [0.5, 0.6) is 0 Å². The predicted octanol–water partition coefficient (Wildman–Crippen LogP) is 6.56. The van der Waals surface area contributed by atoms with Crippen LogP contribution in [0.15, 0.2) is 65.6 Å². The molecule has 1 aliphatic rings. The number of fused-ring (bicyclic) bond motifs is 1. The third-order valence-electron chi connectivity index (χ3n) is 6.07. The summed E-state index contributed by atoms with van der Waals surface area (Å²) in [7, 11) is 3.58. The van der Waals surface area contributed by atoms with Crippen molar-refractivity contribution in [3.05, 3.63) is 72.0 Å². The van der Waals surface area contributed by atoms with Crippen molar-refractivity contribution in [2.45, 2.75) is 37.1 Å². The molecule has 1 atom stereocenters. The molecule has 0 saturated heterocycles. The Morgan fingerprint density at radius 2 is 1.94 bits per heavy atom. The Labute approximate surface area is 204 Å². The molecule has 3 aromatic carbocycles. The number of hydrogen-bond acceptors (Lipinski definition) is 5. The minimum Gasteiger partial charge on any atom is -0.478 e. The van der Waals surface area contributed by atoms with E-state index in [0.717, 1.165) is 42.1 Å². The summed E-state index contributed by atoms with van der Waals surface area (Å²) in [6.07, 6.45) is 3.27. The van der Waals surface area contributed by atoms with Gasteiger partial charge in [0, 0.05) is 42.8 Å². The van der Waals surface area contributed by atoms with Crippen LogP contribution in [0.25, 0.3) is 11.1 Å². The molecule has 3 aromatic rings. The molecule has 0 amide bonds. The van der Waals surface area contributed by atoms with Gasteiger partial charge in [-0.3, -0.25) is 4.72 Å². The molecule has 34 heavy (non-hydrogen) atoms. The van der Waals surface area contributed by atoms with E-state index in [1.165, 1.54) is 11.9 Å². The molecule has 0 spiro atoms. The molecule has 1 heterocycles. The van der Waals surface area contributed by atoms with Crippen molar-refractivity contribution in [1.82, 2.24) is 4.72 Å². The standard InChI is InChI=1S/C27H30FN3O2S/c1-4-5-9-19-17-31(20-10-7-6-8-11-20)25-16-23(28)21(15-26(25)34-29-19)18-12-13-24(30(2)3)22(14-18)27(32)33/h6-8,10-16,19,29H,4-5,9,17H2,1-3H3,(H,32,33)/t19-/m1/s1. The predicted molar refractivity (Wildman–Crippen MR) is 139 cm³/mol. The second-order valence-electron chi connectivity index (χ2n) is 8.74. The van der Waals surface area contributed by atoms with Crippen LogP contribution in [0.2, 0.25) is 0 Å². The Balaban J connectivity index is 1.79. The Hall–Kier alpha value is -3.03. The highest BCUT2D eigenvalue weighted by Crippen LogP contribution is 2.41. The van der Waals surface area contributed by atoms with Crippen LogP contribution in [0.3, 0.4) is 0 Å². The normalized spacial score (nSPS) is 15.5. The second-order valence-corrected chi connectivity index (χ2v) is 9.62. The van der Waals surface area contributed by atoms with Crippen LogP contribution in [-0.4, -0.2) is 37.8 Å². The average molecular weight is 480 g/mol. The molecule has 0 saturated carbocycles. The van der Waals surface area contributed by atoms with Crippen LogP contribution < -0.4 is 14.5 Å². The Morgan fingerprint density at radius 3 is 2.62 bits per heavy atom. The summed E-state index contributed by atoms with van der Waals surface area (Å²) in [4.78, 5) is 16.7. The van der Waals surface area contributed by atoms with E-state index in [-0.39, 0.29) is 17.4 Å². The van der Waals surface area contributed by atoms with Gasteiger partial charge in [0.15, 0.2) is 0 Å². The lowest BCUT2D eigenvalue weighted by atomic mass is 10.00. The molecule has 2 N–H and O–H groups in total. The van der Waals surface area contributed by atoms with E-state index in [1.807, 2.05) is 36.4 Å². The van der Waals surface area contributed by atoms with Gasteiger partial charge in [-0.05, 0) is 60.3 Å². The Morgan fingerprint density at radius 1 is 1.18 bits per heavy atom. The summed E-state index contributed by atoms with van der Waals surface area (Å²) >= 11 is 1.52. The van der Waals surface area contributed by atoms with E-state index in [1.54, 1.807) is 43.3 Å². The van der Waals surface area contributed by atoms with E-state index in [0.29, 0.717) is 16.8 Å². The number of rotatable bonds is 7. The van der Waals surface area contributed by atoms with Gasteiger partial charge in [-0.2, -0.15) is 0 Å². The van der Waals surface area contributed by atoms with Gasteiger partial charge in [0.1, 0.15) is 5.82 Å². The van der Waals surface area contributed by atoms with Gasteiger partial charge in [0.25, 0.3) is 0 Å². The van der Waals surface area contributed by atoms with Crippen LogP contribution in [0.4, 0.5) is 21.5 Å². The van der Waals surface area contributed by atoms with Crippen LogP contribution in [0.1, 0.15) is 36.5 Å². The second kappa shape index (κ2) is 10.5. The third kappa shape index (κ3) is 5.05. The highest BCUT2D eigenvalue weighted by atomic mass is 32.2. The minimum absolute atomic E-state index is 0.146. The molecule has 178 valence electrons. The van der Waals surface area contributed by atoms with Gasteiger partial charge >= 0.3 is 5.97 Å². The summed E-state index contributed by atoms with van der Waals surface area (Å²) in [6, 6.07) is 18.8. The minimum atomic E-state index is -1.04. The topological polar surface area (TPSA) is 55.8 Å². The first-order chi connectivity index (χ1) is 16.4. The molecular formula is C27H30FN3O2S. The number of carbonyl (C=O) groups is 1. The number of carboxylic acid groups (broad SMARTS) is 1. The highest BCUT2D eigenvalue weighted by Gasteiger charge is 2.25. The van der Waals surface area contributed by atoms with Crippen LogP contribution in [0, 0.1) is 5.82 Å². The summed E-state index contributed by atoms with van der Waals surface area (Å²) in [5.74, 6) is -1.41. The molecule has 0 aromatic heterocycles. The number of anilines is 3. The van der Waals surface area contributed by atoms with Crippen LogP contribution >= 0.6 is 11.9 Å². The Kier molecular flexibility index (Phi) is 7.44. The van der Waals surface area contributed by atoms with Crippen molar-refractivity contribution in [3.63, 3.8) is 0 Å². The quantitative estimate of drug-likeness (QED) is 0.374. The number of carboxylic acids is 1. The summed E-state index contributed by atoms with van der Waals surface area (Å²) < 4.78 is 19.1. The summed E-state index contributed by atoms with van der Waals surface area (Å²) in [5.41, 5.74) is 3.49. The fraction of sp³-hybridized carbons (Fsp3) is 0.296. The number of hydrogen-bond donors (Lipinski definition) is 2. The van der Waals surface area contributed by atoms with Crippen molar-refractivity contribution in [2.75, 3.05) is 30.4 Å². The van der Waals surface area contributed by atoms with E-state index in [2.05, 4.69) is 16.5 Å². The maximum Gasteiger partial charge on any atom is 0.337 e. The fourth-order valence-electron chi connectivity index (χ4n) is 4.28. The summed E-state index contributed by atoms with van der Waals surface area (Å²) in [6.45, 7) is 2.92. The van der Waals surface area contributed by atoms with Crippen molar-refractivity contribution in [1.29, 1.82) is 0 Å². The SMILES string of the molecule is CCCC[C@@H]1CN(c2ccccc2)c2cc(F)c(-c3ccc(N(C)C)c(C(=O)O)c3)cc2SN1. The molecular weight excluding hydrogens is 449 g/mol. The first kappa shape index (κ1) is 24.1. The fourth-order valence-corrected chi connectivity index (χ4v) is 5.21. The number of benzene rings is 3. The van der Waals surface area contributed by atoms with Gasteiger partial charge in [-0.25, -0.2) is 9.18 Å². The lowest BCUT2D eigenvalue weighted by molar-refractivity contribution is 0.0697. The molecule has 0 fully saturated rings. The van der Waals surface area contributed by atoms with Crippen molar-refractivity contribution < 1.29 is 14.3 Å². The lowest BCUT2D eigenvalue weighted by Gasteiger charge is -2.27. The maximum absolute atomic E-state index is 15.6. The number of unbranched alkanes of at least 4 members (excludes halogenated alkanes) is 1. The average Bonchev–Trinajstić information content (AvgIpc) is 3.01. The zero-order valence-electron chi connectivity index (χ0n) is 19.7. The van der Waals surface area contributed by atoms with E-state index >= 15 is 4.39 Å². The van der Waals surface area contributed by atoms with E-state index in [4.69, 9.17) is 0 Å². The van der Waals surface area contributed by atoms with Crippen LogP contribution in [-0.2, 0) is 0 Å². The number of para-hydroxylation sites is 1. The monoisotopic (exact) mass is 479 g/mol. The van der Waals surface area contributed by atoms with Crippen molar-refractivity contribution >= 4 is 35.0 Å². The molecule has 1 aliphatic heterocycles. The van der Waals surface area contributed by atoms with Gasteiger partial charge in [-0.1, -0.05) is 44.0 Å². The lowest BCUT2D eigenvalue weighted by Crippen LogP contribution is -2.34. The molecule has 0 radical (unpaired) electrons. The van der Waals surface area contributed by atoms with E-state index < -0.39 is 5.97 Å². The zero-order chi connectivity index (χ0) is 24.2. The summed E-state index contributed by atoms with van der Waals surface area (Å²) in [5, 5.41) is 9.70. The van der Waals surface area contributed by atoms with Gasteiger partial charge in [0.2, 0.25) is 0 Å². The third-order valence-corrected chi connectivity index (χ3v) is 7.07. The zero-order valence-corrected chi connectivity index (χ0v) is 20.5. The first-order valence-corrected chi connectivity index (χ1v) is 12.3. The number of nitrogens with zero attached hydrogens (tertiary/aromatic N) is 2. The van der Waals surface area contributed by atoms with Gasteiger partial charge in [0.05, 0.1) is 16.9 Å². The molecule has 0 unspecified atom stereocenters. The molecule has 4 rings (SSSR count). The molecule has 7 heteroatoms. The Bertz CT molecular complexity index is 1170. The maximum atomic E-state index is 15.6. The van der Waals surface area contributed by atoms with Gasteiger partial charge in [-0.15, -0.1) is 0 Å².